The first-order valence-electron chi connectivity index (χ1n) is 5.07. The first-order chi connectivity index (χ1) is 8.50. The normalized spacial score (nSPS) is 12.5. The van der Waals surface area contributed by atoms with E-state index in [0.717, 1.165) is 6.07 Å². The lowest BCUT2D eigenvalue weighted by Crippen LogP contribution is -2.05. The van der Waals surface area contributed by atoms with Crippen LogP contribution in [0.5, 0.6) is 0 Å². The molecule has 94 valence electrons. The maximum absolute atomic E-state index is 13.7. The lowest BCUT2D eigenvalue weighted by Gasteiger charge is -2.14. The van der Waals surface area contributed by atoms with Gasteiger partial charge in [-0.1, -0.05) is 41.4 Å². The second-order valence-electron chi connectivity index (χ2n) is 3.71. The van der Waals surface area contributed by atoms with E-state index in [1.807, 2.05) is 0 Å². The van der Waals surface area contributed by atoms with Gasteiger partial charge in [0.1, 0.15) is 17.7 Å². The van der Waals surface area contributed by atoms with Crippen LogP contribution < -0.4 is 0 Å². The molecule has 0 aromatic heterocycles. The molecular weight excluding hydrogens is 281 g/mol. The van der Waals surface area contributed by atoms with Crippen molar-refractivity contribution in [1.82, 2.24) is 0 Å². The van der Waals surface area contributed by atoms with Gasteiger partial charge in [0.2, 0.25) is 0 Å². The molecule has 0 fully saturated rings. The number of aliphatic hydroxyl groups excluding tert-OH is 1. The molecule has 0 heterocycles. The van der Waals surface area contributed by atoms with E-state index in [9.17, 15) is 13.9 Å². The molecule has 18 heavy (non-hydrogen) atoms. The van der Waals surface area contributed by atoms with E-state index >= 15 is 0 Å². The summed E-state index contributed by atoms with van der Waals surface area (Å²) in [5.74, 6) is -1.46. The number of hydrogen-bond donors (Lipinski definition) is 1. The second kappa shape index (κ2) is 5.22. The van der Waals surface area contributed by atoms with Gasteiger partial charge >= 0.3 is 0 Å². The molecule has 0 bridgehead atoms. The highest BCUT2D eigenvalue weighted by Gasteiger charge is 2.19. The molecule has 0 amide bonds. The summed E-state index contributed by atoms with van der Waals surface area (Å²) in [4.78, 5) is 0. The van der Waals surface area contributed by atoms with Crippen molar-refractivity contribution in [3.63, 3.8) is 0 Å². The van der Waals surface area contributed by atoms with Gasteiger partial charge in [-0.15, -0.1) is 0 Å². The number of rotatable bonds is 2. The Labute approximate surface area is 113 Å². The first kappa shape index (κ1) is 13.3. The van der Waals surface area contributed by atoms with Crippen LogP contribution in [0.2, 0.25) is 10.0 Å². The summed E-state index contributed by atoms with van der Waals surface area (Å²) in [6.07, 6.45) is -1.43. The Morgan fingerprint density at radius 2 is 1.72 bits per heavy atom. The average molecular weight is 289 g/mol. The fourth-order valence-corrected chi connectivity index (χ4v) is 1.96. The molecule has 0 spiro atoms. The van der Waals surface area contributed by atoms with Gasteiger partial charge in [0.05, 0.1) is 5.02 Å². The summed E-state index contributed by atoms with van der Waals surface area (Å²) in [7, 11) is 0. The van der Waals surface area contributed by atoms with Gasteiger partial charge in [-0.05, 0) is 18.2 Å². The largest absolute Gasteiger partial charge is 0.383 e. The zero-order chi connectivity index (χ0) is 13.3. The molecular formula is C13H8Cl2F2O. The van der Waals surface area contributed by atoms with Crippen molar-refractivity contribution in [2.75, 3.05) is 0 Å². The molecule has 1 nitrogen and oxygen atoms in total. The minimum absolute atomic E-state index is 0.0550. The van der Waals surface area contributed by atoms with E-state index in [2.05, 4.69) is 0 Å². The molecule has 0 saturated heterocycles. The highest BCUT2D eigenvalue weighted by Crippen LogP contribution is 2.30. The van der Waals surface area contributed by atoms with Crippen molar-refractivity contribution in [2.45, 2.75) is 6.10 Å². The SMILES string of the molecule is OC(c1ccc(Cl)cc1F)c1cccc(Cl)c1F. The van der Waals surface area contributed by atoms with Gasteiger partial charge in [0.25, 0.3) is 0 Å². The quantitative estimate of drug-likeness (QED) is 0.871. The Bertz CT molecular complexity index is 587. The van der Waals surface area contributed by atoms with Crippen LogP contribution in [-0.2, 0) is 0 Å². The van der Waals surface area contributed by atoms with Gasteiger partial charge in [-0.2, -0.15) is 0 Å². The van der Waals surface area contributed by atoms with E-state index in [0.29, 0.717) is 0 Å². The summed E-state index contributed by atoms with van der Waals surface area (Å²) >= 11 is 11.2. The fraction of sp³-hybridized carbons (Fsp3) is 0.0769. The van der Waals surface area contributed by atoms with Crippen molar-refractivity contribution >= 4 is 23.2 Å². The summed E-state index contributed by atoms with van der Waals surface area (Å²) in [5.41, 5.74) is -0.135. The molecule has 0 saturated carbocycles. The van der Waals surface area contributed by atoms with E-state index in [1.165, 1.54) is 30.3 Å². The minimum Gasteiger partial charge on any atom is -0.383 e. The number of benzene rings is 2. The van der Waals surface area contributed by atoms with Crippen molar-refractivity contribution in [2.24, 2.45) is 0 Å². The van der Waals surface area contributed by atoms with Crippen LogP contribution in [0.3, 0.4) is 0 Å². The fourth-order valence-electron chi connectivity index (χ4n) is 1.62. The van der Waals surface area contributed by atoms with Crippen molar-refractivity contribution in [1.29, 1.82) is 0 Å². The third-order valence-electron chi connectivity index (χ3n) is 2.53. The summed E-state index contributed by atoms with van der Waals surface area (Å²) < 4.78 is 27.3. The minimum atomic E-state index is -1.43. The van der Waals surface area contributed by atoms with Crippen LogP contribution in [0.15, 0.2) is 36.4 Å². The molecule has 0 aliphatic heterocycles. The van der Waals surface area contributed by atoms with Crippen LogP contribution in [0.25, 0.3) is 0 Å². The Kier molecular flexibility index (Phi) is 3.85. The van der Waals surface area contributed by atoms with E-state index in [4.69, 9.17) is 23.2 Å². The third-order valence-corrected chi connectivity index (χ3v) is 3.06. The molecule has 0 aliphatic carbocycles. The topological polar surface area (TPSA) is 20.2 Å². The predicted octanol–water partition coefficient (Wildman–Crippen LogP) is 4.35. The Morgan fingerprint density at radius 1 is 1.00 bits per heavy atom. The highest BCUT2D eigenvalue weighted by molar-refractivity contribution is 6.31. The zero-order valence-corrected chi connectivity index (χ0v) is 10.5. The van der Waals surface area contributed by atoms with E-state index in [1.54, 1.807) is 0 Å². The lowest BCUT2D eigenvalue weighted by atomic mass is 10.0. The summed E-state index contributed by atoms with van der Waals surface area (Å²) in [6.45, 7) is 0. The van der Waals surface area contributed by atoms with Crippen molar-refractivity contribution < 1.29 is 13.9 Å². The van der Waals surface area contributed by atoms with Crippen LogP contribution >= 0.6 is 23.2 Å². The van der Waals surface area contributed by atoms with Crippen LogP contribution in [-0.4, -0.2) is 5.11 Å². The molecule has 1 atom stereocenters. The standard InChI is InChI=1S/C13H8Cl2F2O/c14-7-4-5-8(11(16)6-7)13(18)9-2-1-3-10(15)12(9)17/h1-6,13,18H. The van der Waals surface area contributed by atoms with Crippen molar-refractivity contribution in [3.8, 4) is 0 Å². The van der Waals surface area contributed by atoms with Gasteiger partial charge in [0, 0.05) is 16.1 Å². The Morgan fingerprint density at radius 3 is 2.39 bits per heavy atom. The van der Waals surface area contributed by atoms with Crippen LogP contribution in [0, 0.1) is 11.6 Å². The molecule has 5 heteroatoms. The number of halogens is 4. The molecule has 0 aliphatic rings. The first-order valence-corrected chi connectivity index (χ1v) is 5.83. The van der Waals surface area contributed by atoms with Gasteiger partial charge < -0.3 is 5.11 Å². The van der Waals surface area contributed by atoms with E-state index < -0.39 is 17.7 Å². The molecule has 2 aromatic carbocycles. The van der Waals surface area contributed by atoms with Crippen LogP contribution in [0.1, 0.15) is 17.2 Å². The predicted molar refractivity (Wildman–Crippen MR) is 66.9 cm³/mol. The van der Waals surface area contributed by atoms with Gasteiger partial charge in [0.15, 0.2) is 0 Å². The molecule has 2 aromatic rings. The zero-order valence-electron chi connectivity index (χ0n) is 9.00. The highest BCUT2D eigenvalue weighted by atomic mass is 35.5. The smallest absolute Gasteiger partial charge is 0.147 e. The average Bonchev–Trinajstić information content (AvgIpc) is 2.32. The second-order valence-corrected chi connectivity index (χ2v) is 4.56. The van der Waals surface area contributed by atoms with Gasteiger partial charge in [-0.25, -0.2) is 8.78 Å². The Balaban J connectivity index is 2.48. The van der Waals surface area contributed by atoms with Gasteiger partial charge in [-0.3, -0.25) is 0 Å². The maximum Gasteiger partial charge on any atom is 0.147 e. The molecule has 0 radical (unpaired) electrons. The molecule has 1 unspecified atom stereocenters. The third kappa shape index (κ3) is 2.48. The van der Waals surface area contributed by atoms with Crippen LogP contribution in [0.4, 0.5) is 8.78 Å². The Hall–Kier alpha value is -1.16. The number of aliphatic hydroxyl groups is 1. The lowest BCUT2D eigenvalue weighted by molar-refractivity contribution is 0.210. The molecule has 1 N–H and O–H groups in total. The number of hydrogen-bond acceptors (Lipinski definition) is 1. The van der Waals surface area contributed by atoms with Crippen molar-refractivity contribution in [3.05, 3.63) is 69.2 Å². The molecule has 2 rings (SSSR count). The summed E-state index contributed by atoms with van der Waals surface area (Å²) in [6, 6.07) is 7.97. The maximum atomic E-state index is 13.7. The van der Waals surface area contributed by atoms with E-state index in [-0.39, 0.29) is 21.2 Å². The monoisotopic (exact) mass is 288 g/mol. The summed E-state index contributed by atoms with van der Waals surface area (Å²) in [5, 5.41) is 10.1.